The average molecular weight is 402 g/mol. The summed E-state index contributed by atoms with van der Waals surface area (Å²) >= 11 is 1.37. The van der Waals surface area contributed by atoms with Crippen molar-refractivity contribution in [2.75, 3.05) is 6.54 Å². The fourth-order valence-electron chi connectivity index (χ4n) is 2.41. The summed E-state index contributed by atoms with van der Waals surface area (Å²) in [5, 5.41) is 5.27. The van der Waals surface area contributed by atoms with Gasteiger partial charge in [0, 0.05) is 17.5 Å². The van der Waals surface area contributed by atoms with Gasteiger partial charge in [-0.2, -0.15) is 0 Å². The Hall–Kier alpha value is -2.80. The standard InChI is InChI=1S/C21H20F2N2O2S/c1-13(2)10-24-20(26)19-12-28-21(25-19)15-4-3-5-16(9-15)27-11-14-6-7-17(22)18(23)8-14/h3-9,12-13H,10-11H2,1-2H3,(H,24,26). The molecule has 1 heterocycles. The fourth-order valence-corrected chi connectivity index (χ4v) is 3.21. The Bertz CT molecular complexity index is 973. The number of aromatic nitrogens is 1. The lowest BCUT2D eigenvalue weighted by atomic mass is 10.2. The zero-order chi connectivity index (χ0) is 20.1. The molecule has 1 amide bonds. The van der Waals surface area contributed by atoms with E-state index in [1.807, 2.05) is 26.0 Å². The first-order valence-corrected chi connectivity index (χ1v) is 9.71. The summed E-state index contributed by atoms with van der Waals surface area (Å²) in [6.45, 7) is 4.76. The first-order valence-electron chi connectivity index (χ1n) is 8.83. The monoisotopic (exact) mass is 402 g/mol. The van der Waals surface area contributed by atoms with E-state index in [0.29, 0.717) is 34.5 Å². The minimum absolute atomic E-state index is 0.112. The summed E-state index contributed by atoms with van der Waals surface area (Å²) in [6.07, 6.45) is 0. The van der Waals surface area contributed by atoms with E-state index in [0.717, 1.165) is 17.7 Å². The summed E-state index contributed by atoms with van der Waals surface area (Å²) in [5.74, 6) is -1.04. The molecule has 146 valence electrons. The second-order valence-electron chi connectivity index (χ2n) is 6.71. The number of hydrogen-bond donors (Lipinski definition) is 1. The highest BCUT2D eigenvalue weighted by Gasteiger charge is 2.12. The minimum Gasteiger partial charge on any atom is -0.489 e. The lowest BCUT2D eigenvalue weighted by Crippen LogP contribution is -2.27. The number of rotatable bonds is 7. The molecule has 0 spiro atoms. The molecule has 7 heteroatoms. The van der Waals surface area contributed by atoms with Crippen LogP contribution in [0.15, 0.2) is 47.8 Å². The zero-order valence-electron chi connectivity index (χ0n) is 15.5. The van der Waals surface area contributed by atoms with E-state index in [4.69, 9.17) is 4.74 Å². The van der Waals surface area contributed by atoms with Crippen molar-refractivity contribution in [3.63, 3.8) is 0 Å². The van der Waals surface area contributed by atoms with Gasteiger partial charge in [-0.25, -0.2) is 13.8 Å². The second kappa shape index (κ2) is 8.93. The normalized spacial score (nSPS) is 10.9. The van der Waals surface area contributed by atoms with E-state index < -0.39 is 11.6 Å². The van der Waals surface area contributed by atoms with E-state index in [1.165, 1.54) is 17.4 Å². The van der Waals surface area contributed by atoms with Crippen molar-refractivity contribution in [1.29, 1.82) is 0 Å². The van der Waals surface area contributed by atoms with Gasteiger partial charge in [0.1, 0.15) is 23.1 Å². The maximum atomic E-state index is 13.3. The van der Waals surface area contributed by atoms with Crippen molar-refractivity contribution < 1.29 is 18.3 Å². The van der Waals surface area contributed by atoms with Crippen LogP contribution in [0.3, 0.4) is 0 Å². The maximum absolute atomic E-state index is 13.3. The predicted molar refractivity (Wildman–Crippen MR) is 105 cm³/mol. The number of nitrogens with zero attached hydrogens (tertiary/aromatic N) is 1. The predicted octanol–water partition coefficient (Wildman–Crippen LogP) is 5.05. The number of carbonyl (C=O) groups is 1. The van der Waals surface area contributed by atoms with Crippen molar-refractivity contribution in [1.82, 2.24) is 10.3 Å². The minimum atomic E-state index is -0.902. The highest BCUT2D eigenvalue weighted by molar-refractivity contribution is 7.13. The van der Waals surface area contributed by atoms with Crippen molar-refractivity contribution in [3.8, 4) is 16.3 Å². The van der Waals surface area contributed by atoms with Gasteiger partial charge < -0.3 is 10.1 Å². The molecular formula is C21H20F2N2O2S. The summed E-state index contributed by atoms with van der Waals surface area (Å²) < 4.78 is 32.0. The lowest BCUT2D eigenvalue weighted by Gasteiger charge is -2.08. The van der Waals surface area contributed by atoms with Crippen molar-refractivity contribution in [2.45, 2.75) is 20.5 Å². The van der Waals surface area contributed by atoms with Crippen molar-refractivity contribution in [3.05, 3.63) is 70.7 Å². The summed E-state index contributed by atoms with van der Waals surface area (Å²) in [7, 11) is 0. The third kappa shape index (κ3) is 5.13. The third-order valence-corrected chi connectivity index (χ3v) is 4.77. The molecule has 0 saturated heterocycles. The molecule has 1 aromatic heterocycles. The van der Waals surface area contributed by atoms with Crippen LogP contribution in [0.2, 0.25) is 0 Å². The van der Waals surface area contributed by atoms with Crippen LogP contribution in [0.4, 0.5) is 8.78 Å². The molecule has 4 nitrogen and oxygen atoms in total. The highest BCUT2D eigenvalue weighted by Crippen LogP contribution is 2.27. The van der Waals surface area contributed by atoms with Gasteiger partial charge in [0.05, 0.1) is 0 Å². The number of halogens is 2. The van der Waals surface area contributed by atoms with Gasteiger partial charge in [0.15, 0.2) is 11.6 Å². The second-order valence-corrected chi connectivity index (χ2v) is 7.56. The van der Waals surface area contributed by atoms with Crippen LogP contribution >= 0.6 is 11.3 Å². The van der Waals surface area contributed by atoms with Crippen LogP contribution in [-0.4, -0.2) is 17.4 Å². The van der Waals surface area contributed by atoms with Gasteiger partial charge in [-0.3, -0.25) is 4.79 Å². The molecule has 28 heavy (non-hydrogen) atoms. The molecule has 1 N–H and O–H groups in total. The fraction of sp³-hybridized carbons (Fsp3) is 0.238. The summed E-state index contributed by atoms with van der Waals surface area (Å²) in [6, 6.07) is 10.9. The molecule has 0 saturated carbocycles. The number of thiazole rings is 1. The van der Waals surface area contributed by atoms with Gasteiger partial charge >= 0.3 is 0 Å². The molecule has 0 radical (unpaired) electrons. The maximum Gasteiger partial charge on any atom is 0.270 e. The molecule has 0 unspecified atom stereocenters. The first kappa shape index (κ1) is 19.9. The van der Waals surface area contributed by atoms with Gasteiger partial charge in [-0.05, 0) is 35.7 Å². The summed E-state index contributed by atoms with van der Waals surface area (Å²) in [5.41, 5.74) is 1.73. The number of benzene rings is 2. The highest BCUT2D eigenvalue weighted by atomic mass is 32.1. The number of nitrogens with one attached hydrogen (secondary N) is 1. The molecule has 2 aromatic carbocycles. The van der Waals surface area contributed by atoms with Crippen LogP contribution in [0, 0.1) is 17.6 Å². The average Bonchev–Trinajstić information content (AvgIpc) is 3.17. The number of ether oxygens (including phenoxy) is 1. The van der Waals surface area contributed by atoms with E-state index in [9.17, 15) is 13.6 Å². The Morgan fingerprint density at radius 1 is 1.18 bits per heavy atom. The van der Waals surface area contributed by atoms with E-state index in [1.54, 1.807) is 17.5 Å². The van der Waals surface area contributed by atoms with Gasteiger partial charge in [-0.1, -0.05) is 32.0 Å². The van der Waals surface area contributed by atoms with Gasteiger partial charge in [-0.15, -0.1) is 11.3 Å². The molecule has 0 bridgehead atoms. The molecule has 0 aliphatic carbocycles. The largest absolute Gasteiger partial charge is 0.489 e. The Morgan fingerprint density at radius 2 is 2.00 bits per heavy atom. The Balaban J connectivity index is 1.67. The van der Waals surface area contributed by atoms with E-state index in [-0.39, 0.29) is 12.5 Å². The topological polar surface area (TPSA) is 51.2 Å². The SMILES string of the molecule is CC(C)CNC(=O)c1csc(-c2cccc(OCc3ccc(F)c(F)c3)c2)n1. The molecule has 0 fully saturated rings. The number of carbonyl (C=O) groups excluding carboxylic acids is 1. The molecule has 0 aliphatic rings. The Labute approximate surface area is 166 Å². The van der Waals surface area contributed by atoms with Gasteiger partial charge in [0.2, 0.25) is 0 Å². The zero-order valence-corrected chi connectivity index (χ0v) is 16.4. The summed E-state index contributed by atoms with van der Waals surface area (Å²) in [4.78, 5) is 16.5. The first-order chi connectivity index (χ1) is 13.4. The third-order valence-electron chi connectivity index (χ3n) is 3.88. The lowest BCUT2D eigenvalue weighted by molar-refractivity contribution is 0.0945. The molecule has 0 atom stereocenters. The number of amides is 1. The molecular weight excluding hydrogens is 382 g/mol. The molecule has 0 aliphatic heterocycles. The molecule has 3 rings (SSSR count). The van der Waals surface area contributed by atoms with Crippen molar-refractivity contribution in [2.24, 2.45) is 5.92 Å². The van der Waals surface area contributed by atoms with Gasteiger partial charge in [0.25, 0.3) is 5.91 Å². The van der Waals surface area contributed by atoms with E-state index in [2.05, 4.69) is 10.3 Å². The smallest absolute Gasteiger partial charge is 0.270 e. The number of hydrogen-bond acceptors (Lipinski definition) is 4. The Kier molecular flexibility index (Phi) is 6.36. The van der Waals surface area contributed by atoms with E-state index >= 15 is 0 Å². The van der Waals surface area contributed by atoms with Crippen molar-refractivity contribution >= 4 is 17.2 Å². The van der Waals surface area contributed by atoms with Crippen LogP contribution in [0.1, 0.15) is 29.9 Å². The van der Waals surface area contributed by atoms with Crippen LogP contribution < -0.4 is 10.1 Å². The van der Waals surface area contributed by atoms with Crippen LogP contribution in [-0.2, 0) is 6.61 Å². The Morgan fingerprint density at radius 3 is 2.75 bits per heavy atom. The quantitative estimate of drug-likeness (QED) is 0.601. The van der Waals surface area contributed by atoms with Crippen LogP contribution in [0.25, 0.3) is 10.6 Å². The van der Waals surface area contributed by atoms with Crippen LogP contribution in [0.5, 0.6) is 5.75 Å². The molecule has 3 aromatic rings.